The Morgan fingerprint density at radius 1 is 0.917 bits per heavy atom. The number of halogens is 1. The van der Waals surface area contributed by atoms with Gasteiger partial charge in [-0.2, -0.15) is 0 Å². The first-order chi connectivity index (χ1) is 17.3. The van der Waals surface area contributed by atoms with E-state index < -0.39 is 22.9 Å². The summed E-state index contributed by atoms with van der Waals surface area (Å²) in [5.74, 6) is -0.676. The number of ether oxygens (including phenoxy) is 3. The lowest BCUT2D eigenvalue weighted by Crippen LogP contribution is -2.42. The Hall–Kier alpha value is -3.05. The molecular formula is C30H35ClO5. The van der Waals surface area contributed by atoms with Crippen LogP contribution < -0.4 is 9.47 Å². The van der Waals surface area contributed by atoms with Crippen molar-refractivity contribution in [3.05, 3.63) is 72.8 Å². The van der Waals surface area contributed by atoms with Gasteiger partial charge in [-0.15, -0.1) is 0 Å². The highest BCUT2D eigenvalue weighted by Crippen LogP contribution is 2.35. The molecule has 6 heteroatoms. The SMILES string of the molecule is CCCCCCOc1ccc(-c2ccc(OC(=O)C3C=CC=CC3(Cl)OC(=O)CC(C)C)cc2)cc1. The van der Waals surface area contributed by atoms with Gasteiger partial charge in [-0.1, -0.05) is 94.1 Å². The molecule has 2 aromatic carbocycles. The van der Waals surface area contributed by atoms with Gasteiger partial charge >= 0.3 is 11.9 Å². The zero-order valence-corrected chi connectivity index (χ0v) is 22.0. The van der Waals surface area contributed by atoms with Gasteiger partial charge in [0.05, 0.1) is 6.61 Å². The molecule has 0 aromatic heterocycles. The number of benzene rings is 2. The number of allylic oxidation sites excluding steroid dienone is 2. The lowest BCUT2D eigenvalue weighted by atomic mass is 9.96. The van der Waals surface area contributed by atoms with Crippen LogP contribution in [0, 0.1) is 11.8 Å². The minimum absolute atomic E-state index is 0.115. The van der Waals surface area contributed by atoms with E-state index in [2.05, 4.69) is 6.92 Å². The third-order valence-corrected chi connectivity index (χ3v) is 6.23. The van der Waals surface area contributed by atoms with Crippen molar-refractivity contribution in [1.82, 2.24) is 0 Å². The molecule has 36 heavy (non-hydrogen) atoms. The van der Waals surface area contributed by atoms with Crippen molar-refractivity contribution in [2.24, 2.45) is 11.8 Å². The number of hydrogen-bond donors (Lipinski definition) is 0. The predicted molar refractivity (Wildman–Crippen MR) is 143 cm³/mol. The van der Waals surface area contributed by atoms with Crippen LogP contribution in [0.15, 0.2) is 72.8 Å². The monoisotopic (exact) mass is 510 g/mol. The van der Waals surface area contributed by atoms with Gasteiger partial charge in [-0.3, -0.25) is 9.59 Å². The molecule has 0 saturated carbocycles. The van der Waals surface area contributed by atoms with E-state index in [1.807, 2.05) is 50.2 Å². The van der Waals surface area contributed by atoms with Crippen LogP contribution in [-0.2, 0) is 14.3 Å². The quantitative estimate of drug-likeness (QED) is 0.128. The maximum atomic E-state index is 12.9. The summed E-state index contributed by atoms with van der Waals surface area (Å²) in [6.45, 7) is 6.74. The molecule has 0 spiro atoms. The molecule has 1 aliphatic carbocycles. The zero-order chi connectivity index (χ0) is 26.0. The molecule has 2 unspecified atom stereocenters. The third-order valence-electron chi connectivity index (χ3n) is 5.79. The molecule has 0 saturated heterocycles. The van der Waals surface area contributed by atoms with Crippen LogP contribution in [0.25, 0.3) is 11.1 Å². The van der Waals surface area contributed by atoms with E-state index in [1.165, 1.54) is 25.3 Å². The molecule has 0 amide bonds. The number of alkyl halides is 1. The molecular weight excluding hydrogens is 476 g/mol. The minimum Gasteiger partial charge on any atom is -0.494 e. The maximum absolute atomic E-state index is 12.9. The topological polar surface area (TPSA) is 61.8 Å². The molecule has 2 atom stereocenters. The minimum atomic E-state index is -1.61. The maximum Gasteiger partial charge on any atom is 0.324 e. The molecule has 0 bridgehead atoms. The van der Waals surface area contributed by atoms with Crippen molar-refractivity contribution in [2.75, 3.05) is 6.61 Å². The van der Waals surface area contributed by atoms with Gasteiger partial charge in [0.1, 0.15) is 17.4 Å². The molecule has 5 nitrogen and oxygen atoms in total. The fourth-order valence-electron chi connectivity index (χ4n) is 3.84. The van der Waals surface area contributed by atoms with Crippen molar-refractivity contribution < 1.29 is 23.8 Å². The van der Waals surface area contributed by atoms with Gasteiger partial charge < -0.3 is 14.2 Å². The average molecular weight is 511 g/mol. The predicted octanol–water partition coefficient (Wildman–Crippen LogP) is 7.48. The van der Waals surface area contributed by atoms with Crippen molar-refractivity contribution in [3.63, 3.8) is 0 Å². The van der Waals surface area contributed by atoms with Crippen molar-refractivity contribution >= 4 is 23.5 Å². The Balaban J connectivity index is 1.58. The molecule has 3 rings (SSSR count). The highest BCUT2D eigenvalue weighted by Gasteiger charge is 2.44. The first-order valence-corrected chi connectivity index (χ1v) is 13.0. The second-order valence-electron chi connectivity index (χ2n) is 9.37. The standard InChI is InChI=1S/C30H35ClO5/c1-4-5-6-9-20-34-25-15-11-23(12-16-25)24-13-17-26(18-14-24)35-29(33)27-10-7-8-19-30(27,31)36-28(32)21-22(2)3/h7-8,10-19,22,27H,4-6,9,20-21H2,1-3H3. The average Bonchev–Trinajstić information content (AvgIpc) is 2.84. The van der Waals surface area contributed by atoms with Crippen LogP contribution in [-0.4, -0.2) is 23.6 Å². The van der Waals surface area contributed by atoms with Crippen molar-refractivity contribution in [1.29, 1.82) is 0 Å². The molecule has 1 aliphatic rings. The van der Waals surface area contributed by atoms with E-state index in [1.54, 1.807) is 30.4 Å². The molecule has 0 radical (unpaired) electrons. The van der Waals surface area contributed by atoms with Crippen LogP contribution >= 0.6 is 11.6 Å². The molecule has 0 heterocycles. The van der Waals surface area contributed by atoms with Crippen LogP contribution in [0.5, 0.6) is 11.5 Å². The first-order valence-electron chi connectivity index (χ1n) is 12.6. The van der Waals surface area contributed by atoms with Crippen LogP contribution in [0.1, 0.15) is 52.9 Å². The number of carbonyl (C=O) groups excluding carboxylic acids is 2. The summed E-state index contributed by atoms with van der Waals surface area (Å²) in [5.41, 5.74) is 2.02. The summed E-state index contributed by atoms with van der Waals surface area (Å²) in [6.07, 6.45) is 11.3. The number of esters is 2. The smallest absolute Gasteiger partial charge is 0.324 e. The van der Waals surface area contributed by atoms with Gasteiger partial charge in [-0.05, 0) is 53.8 Å². The van der Waals surface area contributed by atoms with Crippen molar-refractivity contribution in [2.45, 2.75) is 57.9 Å². The lowest BCUT2D eigenvalue weighted by molar-refractivity contribution is -0.156. The fraction of sp³-hybridized carbons (Fsp3) is 0.400. The third kappa shape index (κ3) is 7.99. The highest BCUT2D eigenvalue weighted by atomic mass is 35.5. The fourth-order valence-corrected chi connectivity index (χ4v) is 4.16. The van der Waals surface area contributed by atoms with Gasteiger partial charge in [0.2, 0.25) is 5.06 Å². The molecule has 0 fully saturated rings. The molecule has 0 aliphatic heterocycles. The number of unbranched alkanes of at least 4 members (excludes halogenated alkanes) is 3. The van der Waals surface area contributed by atoms with E-state index in [0.717, 1.165) is 29.9 Å². The Labute approximate surface area is 219 Å². The largest absolute Gasteiger partial charge is 0.494 e. The van der Waals surface area contributed by atoms with Gasteiger partial charge in [0.25, 0.3) is 0 Å². The van der Waals surface area contributed by atoms with Crippen molar-refractivity contribution in [3.8, 4) is 22.6 Å². The van der Waals surface area contributed by atoms with Crippen LogP contribution in [0.2, 0.25) is 0 Å². The summed E-state index contributed by atoms with van der Waals surface area (Å²) in [5, 5.41) is -1.61. The van der Waals surface area contributed by atoms with Gasteiger partial charge in [0, 0.05) is 6.42 Å². The van der Waals surface area contributed by atoms with Gasteiger partial charge in [-0.25, -0.2) is 0 Å². The van der Waals surface area contributed by atoms with E-state index in [4.69, 9.17) is 25.8 Å². The Morgan fingerprint density at radius 3 is 2.17 bits per heavy atom. The number of hydrogen-bond acceptors (Lipinski definition) is 5. The number of carbonyl (C=O) groups is 2. The molecule has 2 aromatic rings. The van der Waals surface area contributed by atoms with E-state index in [0.29, 0.717) is 5.75 Å². The Bertz CT molecular complexity index is 1060. The molecule has 0 N–H and O–H groups in total. The number of rotatable bonds is 12. The summed E-state index contributed by atoms with van der Waals surface area (Å²) in [4.78, 5) is 25.1. The van der Waals surface area contributed by atoms with E-state index in [9.17, 15) is 9.59 Å². The summed E-state index contributed by atoms with van der Waals surface area (Å²) in [6, 6.07) is 15.2. The first kappa shape index (κ1) is 27.5. The lowest BCUT2D eigenvalue weighted by Gasteiger charge is -2.31. The van der Waals surface area contributed by atoms with Crippen LogP contribution in [0.3, 0.4) is 0 Å². The second kappa shape index (κ2) is 13.3. The second-order valence-corrected chi connectivity index (χ2v) is 9.96. The van der Waals surface area contributed by atoms with Crippen LogP contribution in [0.4, 0.5) is 0 Å². The summed E-state index contributed by atoms with van der Waals surface area (Å²) < 4.78 is 16.9. The van der Waals surface area contributed by atoms with E-state index in [-0.39, 0.29) is 12.3 Å². The zero-order valence-electron chi connectivity index (χ0n) is 21.2. The van der Waals surface area contributed by atoms with E-state index >= 15 is 0 Å². The summed E-state index contributed by atoms with van der Waals surface area (Å²) >= 11 is 6.56. The highest BCUT2D eigenvalue weighted by molar-refractivity contribution is 6.26. The Kier molecular flexibility index (Phi) is 10.2. The Morgan fingerprint density at radius 2 is 1.56 bits per heavy atom. The molecule has 192 valence electrons. The van der Waals surface area contributed by atoms with Gasteiger partial charge in [0.15, 0.2) is 0 Å². The normalized spacial score (nSPS) is 18.8. The summed E-state index contributed by atoms with van der Waals surface area (Å²) in [7, 11) is 0.